The van der Waals surface area contributed by atoms with E-state index < -0.39 is 0 Å². The molecule has 0 unspecified atom stereocenters. The fraction of sp³-hybridized carbons (Fsp3) is 0.111. The van der Waals surface area contributed by atoms with E-state index in [2.05, 4.69) is 28.6 Å². The van der Waals surface area contributed by atoms with E-state index in [4.69, 9.17) is 0 Å². The highest BCUT2D eigenvalue weighted by atomic mass is 32.1. The van der Waals surface area contributed by atoms with Gasteiger partial charge in [0.1, 0.15) is 6.29 Å². The van der Waals surface area contributed by atoms with Crippen LogP contribution in [0.2, 0.25) is 0 Å². The van der Waals surface area contributed by atoms with E-state index in [0.717, 1.165) is 39.2 Å². The smallest absolute Gasteiger partial charge is 0.150 e. The minimum atomic E-state index is 0.702. The Morgan fingerprint density at radius 1 is 1.14 bits per heavy atom. The molecule has 0 aliphatic rings. The summed E-state index contributed by atoms with van der Waals surface area (Å²) in [4.78, 5) is 15.8. The predicted molar refractivity (Wildman–Crippen MR) is 86.9 cm³/mol. The van der Waals surface area contributed by atoms with Crippen molar-refractivity contribution in [3.63, 3.8) is 0 Å². The van der Waals surface area contributed by atoms with E-state index in [1.165, 1.54) is 0 Å². The monoisotopic (exact) mass is 293 g/mol. The van der Waals surface area contributed by atoms with Crippen molar-refractivity contribution in [3.05, 3.63) is 75.6 Å². The first-order valence-electron chi connectivity index (χ1n) is 6.81. The Labute approximate surface area is 128 Å². The lowest BCUT2D eigenvalue weighted by Crippen LogP contribution is -1.95. The highest BCUT2D eigenvalue weighted by Crippen LogP contribution is 2.24. The molecule has 0 bridgehead atoms. The Morgan fingerprint density at radius 3 is 2.71 bits per heavy atom. The van der Waals surface area contributed by atoms with E-state index in [0.29, 0.717) is 6.42 Å². The molecule has 1 aromatic heterocycles. The van der Waals surface area contributed by atoms with Crippen molar-refractivity contribution in [2.75, 3.05) is 0 Å². The van der Waals surface area contributed by atoms with E-state index in [-0.39, 0.29) is 0 Å². The zero-order chi connectivity index (χ0) is 14.7. The molecule has 3 rings (SSSR count). The summed E-state index contributed by atoms with van der Waals surface area (Å²) in [5, 5.41) is 3.10. The second kappa shape index (κ2) is 6.02. The molecule has 0 amide bonds. The van der Waals surface area contributed by atoms with Crippen LogP contribution < -0.4 is 0 Å². The quantitative estimate of drug-likeness (QED) is 0.662. The summed E-state index contributed by atoms with van der Waals surface area (Å²) >= 11 is 1.64. The fourth-order valence-corrected chi connectivity index (χ4v) is 3.13. The van der Waals surface area contributed by atoms with Gasteiger partial charge in [-0.1, -0.05) is 54.1 Å². The third kappa shape index (κ3) is 3.09. The fourth-order valence-electron chi connectivity index (χ4n) is 2.30. The Hall–Kier alpha value is -2.26. The van der Waals surface area contributed by atoms with Gasteiger partial charge in [-0.25, -0.2) is 4.98 Å². The molecule has 104 valence electrons. The van der Waals surface area contributed by atoms with Gasteiger partial charge in [0, 0.05) is 22.9 Å². The van der Waals surface area contributed by atoms with Gasteiger partial charge in [-0.15, -0.1) is 11.3 Å². The van der Waals surface area contributed by atoms with E-state index >= 15 is 0 Å². The molecule has 1 heterocycles. The number of aromatic nitrogens is 1. The summed E-state index contributed by atoms with van der Waals surface area (Å²) in [5.41, 5.74) is 5.07. The summed E-state index contributed by atoms with van der Waals surface area (Å²) in [5.74, 6) is 0. The number of benzene rings is 2. The molecule has 0 aliphatic heterocycles. The zero-order valence-corrected chi connectivity index (χ0v) is 12.6. The number of carbonyl (C=O) groups excluding carboxylic acids is 1. The first-order chi connectivity index (χ1) is 10.3. The first kappa shape index (κ1) is 13.7. The molecular formula is C18H15NOS. The number of rotatable bonds is 4. The molecule has 2 nitrogen and oxygen atoms in total. The van der Waals surface area contributed by atoms with Crippen molar-refractivity contribution in [1.29, 1.82) is 0 Å². The Kier molecular flexibility index (Phi) is 3.93. The predicted octanol–water partition coefficient (Wildman–Crippen LogP) is 4.52. The van der Waals surface area contributed by atoms with Gasteiger partial charge in [-0.3, -0.25) is 4.79 Å². The molecule has 0 aliphatic carbocycles. The van der Waals surface area contributed by atoms with Crippen LogP contribution in [-0.4, -0.2) is 11.3 Å². The average Bonchev–Trinajstić information content (AvgIpc) is 2.97. The summed E-state index contributed by atoms with van der Waals surface area (Å²) < 4.78 is 0. The van der Waals surface area contributed by atoms with Crippen LogP contribution in [0.4, 0.5) is 0 Å². The molecule has 0 spiro atoms. The number of nitrogens with zero attached hydrogens (tertiary/aromatic N) is 1. The standard InChI is InChI=1S/C18H15NOS/c1-13-7-8-15(11-20)16(9-13)10-18-19-17(12-21-18)14-5-3-2-4-6-14/h2-9,11-12H,10H2,1H3. The van der Waals surface area contributed by atoms with Crippen LogP contribution in [0.3, 0.4) is 0 Å². The largest absolute Gasteiger partial charge is 0.298 e. The Balaban J connectivity index is 1.88. The molecular weight excluding hydrogens is 278 g/mol. The van der Waals surface area contributed by atoms with Gasteiger partial charge >= 0.3 is 0 Å². The third-order valence-electron chi connectivity index (χ3n) is 3.39. The summed E-state index contributed by atoms with van der Waals surface area (Å²) in [6, 6.07) is 16.0. The number of hydrogen-bond donors (Lipinski definition) is 0. The number of hydrogen-bond acceptors (Lipinski definition) is 3. The van der Waals surface area contributed by atoms with Crippen LogP contribution in [0.15, 0.2) is 53.9 Å². The molecule has 0 radical (unpaired) electrons. The number of aldehydes is 1. The van der Waals surface area contributed by atoms with E-state index in [1.807, 2.05) is 37.3 Å². The van der Waals surface area contributed by atoms with Gasteiger partial charge in [-0.2, -0.15) is 0 Å². The van der Waals surface area contributed by atoms with Crippen LogP contribution in [0.5, 0.6) is 0 Å². The van der Waals surface area contributed by atoms with Crippen molar-refractivity contribution in [3.8, 4) is 11.3 Å². The molecule has 0 atom stereocenters. The molecule has 0 N–H and O–H groups in total. The summed E-state index contributed by atoms with van der Waals surface area (Å²) in [7, 11) is 0. The van der Waals surface area contributed by atoms with E-state index in [9.17, 15) is 4.79 Å². The third-order valence-corrected chi connectivity index (χ3v) is 4.24. The van der Waals surface area contributed by atoms with Crippen molar-refractivity contribution < 1.29 is 4.79 Å². The van der Waals surface area contributed by atoms with E-state index in [1.54, 1.807) is 11.3 Å². The van der Waals surface area contributed by atoms with Crippen molar-refractivity contribution >= 4 is 17.6 Å². The molecule has 3 aromatic rings. The van der Waals surface area contributed by atoms with Crippen LogP contribution in [-0.2, 0) is 6.42 Å². The summed E-state index contributed by atoms with van der Waals surface area (Å²) in [6.07, 6.45) is 1.62. The molecule has 2 aromatic carbocycles. The average molecular weight is 293 g/mol. The SMILES string of the molecule is Cc1ccc(C=O)c(Cc2nc(-c3ccccc3)cs2)c1. The summed E-state index contributed by atoms with van der Waals surface area (Å²) in [6.45, 7) is 2.04. The Bertz CT molecular complexity index is 762. The normalized spacial score (nSPS) is 10.5. The van der Waals surface area contributed by atoms with Crippen molar-refractivity contribution in [1.82, 2.24) is 4.98 Å². The van der Waals surface area contributed by atoms with Gasteiger partial charge in [0.25, 0.3) is 0 Å². The van der Waals surface area contributed by atoms with Crippen LogP contribution in [0.1, 0.15) is 26.5 Å². The second-order valence-corrected chi connectivity index (χ2v) is 5.93. The van der Waals surface area contributed by atoms with Crippen molar-refractivity contribution in [2.45, 2.75) is 13.3 Å². The molecule has 0 fully saturated rings. The molecule has 3 heteroatoms. The topological polar surface area (TPSA) is 30.0 Å². The number of carbonyl (C=O) groups is 1. The Morgan fingerprint density at radius 2 is 1.95 bits per heavy atom. The zero-order valence-electron chi connectivity index (χ0n) is 11.7. The highest BCUT2D eigenvalue weighted by Gasteiger charge is 2.08. The maximum atomic E-state index is 11.1. The molecule has 0 saturated heterocycles. The molecule has 0 saturated carbocycles. The van der Waals surface area contributed by atoms with Crippen LogP contribution in [0, 0.1) is 6.92 Å². The minimum Gasteiger partial charge on any atom is -0.298 e. The lowest BCUT2D eigenvalue weighted by Gasteiger charge is -2.04. The minimum absolute atomic E-state index is 0.702. The number of thiazole rings is 1. The van der Waals surface area contributed by atoms with Crippen molar-refractivity contribution in [2.24, 2.45) is 0 Å². The van der Waals surface area contributed by atoms with Gasteiger partial charge in [0.05, 0.1) is 10.7 Å². The second-order valence-electron chi connectivity index (χ2n) is 4.99. The van der Waals surface area contributed by atoms with Gasteiger partial charge in [0.15, 0.2) is 0 Å². The maximum Gasteiger partial charge on any atom is 0.150 e. The lowest BCUT2D eigenvalue weighted by molar-refractivity contribution is 0.112. The van der Waals surface area contributed by atoms with Crippen LogP contribution in [0.25, 0.3) is 11.3 Å². The van der Waals surface area contributed by atoms with Gasteiger partial charge < -0.3 is 0 Å². The lowest BCUT2D eigenvalue weighted by atomic mass is 10.0. The highest BCUT2D eigenvalue weighted by molar-refractivity contribution is 7.10. The maximum absolute atomic E-state index is 11.1. The van der Waals surface area contributed by atoms with Crippen LogP contribution >= 0.6 is 11.3 Å². The molecule has 21 heavy (non-hydrogen) atoms. The number of aryl methyl sites for hydroxylation is 1. The first-order valence-corrected chi connectivity index (χ1v) is 7.69. The van der Waals surface area contributed by atoms with Gasteiger partial charge in [-0.05, 0) is 12.5 Å². The van der Waals surface area contributed by atoms with Gasteiger partial charge in [0.2, 0.25) is 0 Å².